The number of hydrogen-bond donors (Lipinski definition) is 1. The number of amides is 3. The van der Waals surface area contributed by atoms with Crippen LogP contribution in [-0.4, -0.2) is 62.9 Å². The fourth-order valence-corrected chi connectivity index (χ4v) is 5.90. The molecule has 0 unspecified atom stereocenters. The van der Waals surface area contributed by atoms with Gasteiger partial charge in [-0.1, -0.05) is 19.9 Å². The molecule has 12 heteroatoms. The van der Waals surface area contributed by atoms with Gasteiger partial charge in [-0.3, -0.25) is 19.3 Å². The highest BCUT2D eigenvalue weighted by Crippen LogP contribution is 2.36. The Morgan fingerprint density at radius 2 is 1.72 bits per heavy atom. The summed E-state index contributed by atoms with van der Waals surface area (Å²) in [6.07, 6.45) is 8.19. The number of rotatable bonds is 8. The van der Waals surface area contributed by atoms with Crippen molar-refractivity contribution in [3.8, 4) is 0 Å². The molecule has 2 aliphatic heterocycles. The molecule has 0 aromatic heterocycles. The maximum Gasteiger partial charge on any atom is 0.253 e. The summed E-state index contributed by atoms with van der Waals surface area (Å²) >= 11 is 0. The monoisotopic (exact) mass is 612 g/mol. The molecule has 3 amide bonds. The predicted molar refractivity (Wildman–Crippen MR) is 150 cm³/mol. The Morgan fingerprint density at radius 1 is 1.05 bits per heavy atom. The number of halogens is 1. The standard InChI is InChI=1S/C31H36N4O3.ClHO4/c1-31(2)25-19-24(33(3)4)10-9-21(25)17-23-18-22-7-5-14-34(27(22)20-26(23)31)15-6-8-28(36)32-13-16-35-29(37)11-12-30(35)38;2-1(3,4)5/h9-12,17-20H,5-8,13-16H2,1-4H3;(H,2,3,4,5). The highest BCUT2D eigenvalue weighted by molar-refractivity contribution is 6.12. The number of nitrogens with zero attached hydrogens (tertiary/aromatic N) is 3. The van der Waals surface area contributed by atoms with Gasteiger partial charge < -0.3 is 10.2 Å². The largest absolute Gasteiger partial charge is 0.378 e. The lowest BCUT2D eigenvalue weighted by Gasteiger charge is -2.33. The minimum Gasteiger partial charge on any atom is -0.378 e. The number of fused-ring (bicyclic) bond motifs is 3. The van der Waals surface area contributed by atoms with Crippen LogP contribution in [0.2, 0.25) is 0 Å². The first-order valence-electron chi connectivity index (χ1n) is 14.2. The summed E-state index contributed by atoms with van der Waals surface area (Å²) in [5, 5.41) is 5.45. The molecular weight excluding hydrogens is 576 g/mol. The van der Waals surface area contributed by atoms with Crippen molar-refractivity contribution in [1.82, 2.24) is 14.8 Å². The third-order valence-corrected chi connectivity index (χ3v) is 8.07. The average molecular weight is 613 g/mol. The molecule has 0 saturated heterocycles. The Kier molecular flexibility index (Phi) is 9.73. The number of benzene rings is 2. The van der Waals surface area contributed by atoms with Crippen LogP contribution in [0.25, 0.3) is 6.08 Å². The Balaban J connectivity index is 0.000000782. The highest BCUT2D eigenvalue weighted by Gasteiger charge is 2.32. The fourth-order valence-electron chi connectivity index (χ4n) is 5.90. The van der Waals surface area contributed by atoms with Crippen LogP contribution in [0.1, 0.15) is 55.4 Å². The van der Waals surface area contributed by atoms with E-state index in [1.165, 1.54) is 50.7 Å². The van der Waals surface area contributed by atoms with E-state index in [9.17, 15) is 14.4 Å². The topological polar surface area (TPSA) is 165 Å². The smallest absolute Gasteiger partial charge is 0.253 e. The number of imide groups is 1. The van der Waals surface area contributed by atoms with Crippen molar-refractivity contribution < 1.29 is 43.3 Å². The van der Waals surface area contributed by atoms with E-state index in [-0.39, 0.29) is 36.2 Å². The van der Waals surface area contributed by atoms with Crippen molar-refractivity contribution in [2.24, 2.45) is 0 Å². The van der Waals surface area contributed by atoms with Gasteiger partial charge >= 0.3 is 0 Å². The molecule has 5 rings (SSSR count). The first-order chi connectivity index (χ1) is 20.1. The van der Waals surface area contributed by atoms with E-state index >= 15 is 0 Å². The summed E-state index contributed by atoms with van der Waals surface area (Å²) < 4.78 is 36.4. The molecule has 2 heterocycles. The summed E-state index contributed by atoms with van der Waals surface area (Å²) in [4.78, 5) is 39.0. The van der Waals surface area contributed by atoms with E-state index in [2.05, 4.69) is 79.1 Å². The minimum atomic E-state index is -4.94. The normalized spacial score (nSPS) is 16.5. The van der Waals surface area contributed by atoms with Crippen LogP contribution in [0.15, 0.2) is 42.5 Å². The maximum absolute atomic E-state index is 12.4. The van der Waals surface area contributed by atoms with Gasteiger partial charge in [0.1, 0.15) is 13.1 Å². The molecule has 0 fully saturated rings. The summed E-state index contributed by atoms with van der Waals surface area (Å²) in [5.74, 6) is -0.695. The van der Waals surface area contributed by atoms with E-state index < -0.39 is 10.2 Å². The summed E-state index contributed by atoms with van der Waals surface area (Å²) in [7, 11) is -0.784. The van der Waals surface area contributed by atoms with Crippen LogP contribution in [-0.2, 0) is 26.2 Å². The SMILES string of the molecule is CN(C)c1ccc2c(c1)C(C)(C)c1cc3c(cc1=C2)CCC[N+]=3CCCC(=O)NCCN1C(=O)C=CC1=O.[O-][Cl+3]([O-])([O-])[O-]. The van der Waals surface area contributed by atoms with Crippen LogP contribution in [0.4, 0.5) is 5.69 Å². The van der Waals surface area contributed by atoms with Crippen molar-refractivity contribution in [2.45, 2.75) is 44.9 Å². The van der Waals surface area contributed by atoms with Gasteiger partial charge in [-0.25, -0.2) is 23.2 Å². The van der Waals surface area contributed by atoms with Crippen LogP contribution >= 0.6 is 0 Å². The van der Waals surface area contributed by atoms with Crippen LogP contribution < -0.4 is 44.0 Å². The molecule has 1 aliphatic carbocycles. The van der Waals surface area contributed by atoms with E-state index in [0.717, 1.165) is 37.3 Å². The molecule has 0 spiro atoms. The van der Waals surface area contributed by atoms with Gasteiger partial charge in [-0.2, -0.15) is 0 Å². The van der Waals surface area contributed by atoms with Gasteiger partial charge in [0.15, 0.2) is 0 Å². The molecule has 0 atom stereocenters. The van der Waals surface area contributed by atoms with Gasteiger partial charge in [0.25, 0.3) is 11.8 Å². The predicted octanol–water partition coefficient (Wildman–Crippen LogP) is -3.28. The molecule has 11 nitrogen and oxygen atoms in total. The van der Waals surface area contributed by atoms with E-state index in [1.54, 1.807) is 0 Å². The lowest BCUT2D eigenvalue weighted by atomic mass is 9.71. The van der Waals surface area contributed by atoms with E-state index in [1.807, 2.05) is 0 Å². The average Bonchev–Trinajstić information content (AvgIpc) is 3.23. The Morgan fingerprint density at radius 3 is 2.37 bits per heavy atom. The third kappa shape index (κ3) is 7.87. The van der Waals surface area contributed by atoms with Gasteiger partial charge in [0, 0.05) is 81.3 Å². The number of nitrogens with one attached hydrogen (secondary N) is 1. The zero-order valence-electron chi connectivity index (χ0n) is 24.9. The molecule has 1 N–H and O–H groups in total. The van der Waals surface area contributed by atoms with Crippen molar-refractivity contribution in [3.05, 3.63) is 75.3 Å². The van der Waals surface area contributed by atoms with Gasteiger partial charge in [-0.15, -0.1) is 10.2 Å². The fraction of sp³-hybridized carbons (Fsp3) is 0.419. The molecular formula is C31H37ClN4O7. The second kappa shape index (κ2) is 12.9. The number of carbonyl (C=O) groups is 3. The first-order valence-corrected chi connectivity index (χ1v) is 15.4. The van der Waals surface area contributed by atoms with Crippen molar-refractivity contribution in [1.29, 1.82) is 0 Å². The lowest BCUT2D eigenvalue weighted by molar-refractivity contribution is -2.00. The molecule has 0 bridgehead atoms. The van der Waals surface area contributed by atoms with Crippen molar-refractivity contribution >= 4 is 29.5 Å². The van der Waals surface area contributed by atoms with Crippen LogP contribution in [0.5, 0.6) is 0 Å². The summed E-state index contributed by atoms with van der Waals surface area (Å²) in [5.41, 5.74) is 6.47. The molecule has 43 heavy (non-hydrogen) atoms. The lowest BCUT2D eigenvalue weighted by Crippen LogP contribution is -2.68. The second-order valence-electron chi connectivity index (χ2n) is 11.6. The number of anilines is 1. The molecule has 0 radical (unpaired) electrons. The van der Waals surface area contributed by atoms with Crippen molar-refractivity contribution in [3.63, 3.8) is 0 Å². The quantitative estimate of drug-likeness (QED) is 0.239. The molecule has 2 aromatic rings. The molecule has 3 aliphatic rings. The molecule has 2 aromatic carbocycles. The number of carbonyl (C=O) groups excluding carboxylic acids is 3. The Hall–Kier alpha value is -3.61. The second-order valence-corrected chi connectivity index (χ2v) is 12.3. The zero-order valence-corrected chi connectivity index (χ0v) is 25.6. The minimum absolute atomic E-state index is 0.0521. The summed E-state index contributed by atoms with van der Waals surface area (Å²) in [6, 6.07) is 11.5. The van der Waals surface area contributed by atoms with Gasteiger partial charge in [0.05, 0.1) is 0 Å². The first kappa shape index (κ1) is 32.3. The molecule has 230 valence electrons. The Labute approximate surface area is 252 Å². The summed E-state index contributed by atoms with van der Waals surface area (Å²) in [6.45, 7) is 6.93. The van der Waals surface area contributed by atoms with Gasteiger partial charge in [0.2, 0.25) is 11.3 Å². The van der Waals surface area contributed by atoms with Crippen LogP contribution in [0.3, 0.4) is 0 Å². The number of hydrogen-bond acceptors (Lipinski definition) is 8. The van der Waals surface area contributed by atoms with E-state index in [4.69, 9.17) is 18.6 Å². The van der Waals surface area contributed by atoms with E-state index in [0.29, 0.717) is 6.42 Å². The van der Waals surface area contributed by atoms with Crippen molar-refractivity contribution in [2.75, 3.05) is 45.2 Å². The number of aryl methyl sites for hydroxylation is 1. The van der Waals surface area contributed by atoms with Crippen LogP contribution in [0, 0.1) is 10.2 Å². The zero-order chi connectivity index (χ0) is 31.5. The molecule has 0 saturated carbocycles. The van der Waals surface area contributed by atoms with Gasteiger partial charge in [-0.05, 0) is 52.6 Å². The maximum atomic E-state index is 12.4. The highest BCUT2D eigenvalue weighted by atomic mass is 35.7. The third-order valence-electron chi connectivity index (χ3n) is 8.07. The Bertz CT molecular complexity index is 1550.